The topological polar surface area (TPSA) is 46.5 Å². The number of allylic oxidation sites excluding steroid dienone is 3. The Labute approximate surface area is 220 Å². The van der Waals surface area contributed by atoms with Crippen molar-refractivity contribution in [3.63, 3.8) is 0 Å². The van der Waals surface area contributed by atoms with Gasteiger partial charge in [0.25, 0.3) is 0 Å². The van der Waals surface area contributed by atoms with E-state index in [1.54, 1.807) is 5.57 Å². The summed E-state index contributed by atoms with van der Waals surface area (Å²) in [5.41, 5.74) is 3.38. The van der Waals surface area contributed by atoms with Gasteiger partial charge in [0.05, 0.1) is 6.10 Å². The van der Waals surface area contributed by atoms with Crippen molar-refractivity contribution in [2.75, 3.05) is 0 Å². The van der Waals surface area contributed by atoms with Crippen molar-refractivity contribution in [2.45, 2.75) is 125 Å². The number of aliphatic hydroxyl groups excluding tert-OH is 1. The van der Waals surface area contributed by atoms with Crippen LogP contribution in [0.1, 0.15) is 113 Å². The van der Waals surface area contributed by atoms with Gasteiger partial charge in [0, 0.05) is 11.0 Å². The summed E-state index contributed by atoms with van der Waals surface area (Å²) in [7, 11) is 0. The maximum atomic E-state index is 12.7. The third-order valence-electron chi connectivity index (χ3n) is 12.9. The van der Waals surface area contributed by atoms with Gasteiger partial charge in [-0.05, 0) is 117 Å². The zero-order valence-electron chi connectivity index (χ0n) is 24.3. The lowest BCUT2D eigenvalue weighted by Gasteiger charge is -2.67. The normalized spacial score (nSPS) is 50.1. The van der Waals surface area contributed by atoms with Gasteiger partial charge >= 0.3 is 5.97 Å². The molecule has 0 spiro atoms. The highest BCUT2D eigenvalue weighted by Crippen LogP contribution is 2.70. The average Bonchev–Trinajstić information content (AvgIpc) is 2.81. The van der Waals surface area contributed by atoms with Crippen molar-refractivity contribution < 1.29 is 14.6 Å². The molecule has 0 radical (unpaired) electrons. The molecule has 0 aromatic heterocycles. The third kappa shape index (κ3) is 3.80. The van der Waals surface area contributed by atoms with Gasteiger partial charge in [-0.3, -0.25) is 0 Å². The molecular weight excluding hydrogens is 444 g/mol. The van der Waals surface area contributed by atoms with Crippen molar-refractivity contribution in [2.24, 2.45) is 51.2 Å². The van der Waals surface area contributed by atoms with Crippen LogP contribution in [-0.4, -0.2) is 23.3 Å². The van der Waals surface area contributed by atoms with Crippen LogP contribution in [0.3, 0.4) is 0 Å². The minimum absolute atomic E-state index is 0.0188. The highest BCUT2D eigenvalue weighted by Gasteiger charge is 2.63. The largest absolute Gasteiger partial charge is 0.458 e. The minimum atomic E-state index is -0.143. The number of aliphatic hydroxyl groups is 1. The van der Waals surface area contributed by atoms with E-state index in [4.69, 9.17) is 4.74 Å². The van der Waals surface area contributed by atoms with Gasteiger partial charge in [-0.25, -0.2) is 4.79 Å². The van der Waals surface area contributed by atoms with Crippen molar-refractivity contribution in [3.05, 3.63) is 23.3 Å². The van der Waals surface area contributed by atoms with Gasteiger partial charge in [0.2, 0.25) is 0 Å². The predicted molar refractivity (Wildman–Crippen MR) is 146 cm³/mol. The molecule has 0 aromatic rings. The quantitative estimate of drug-likeness (QED) is 0.240. The molecule has 5 rings (SSSR count). The molecule has 1 N–H and O–H groups in total. The molecule has 0 amide bonds. The Kier molecular flexibility index (Phi) is 6.42. The summed E-state index contributed by atoms with van der Waals surface area (Å²) in [6, 6.07) is 0. The maximum absolute atomic E-state index is 12.7. The summed E-state index contributed by atoms with van der Waals surface area (Å²) in [5.74, 6) is 2.96. The molecule has 0 saturated heterocycles. The predicted octanol–water partition coefficient (Wildman–Crippen LogP) is 7.88. The molecule has 0 heterocycles. The van der Waals surface area contributed by atoms with E-state index >= 15 is 0 Å². The lowest BCUT2D eigenvalue weighted by Crippen LogP contribution is -2.60. The van der Waals surface area contributed by atoms with Crippen LogP contribution in [0.4, 0.5) is 0 Å². The van der Waals surface area contributed by atoms with E-state index in [0.29, 0.717) is 40.1 Å². The number of carbonyl (C=O) groups is 1. The van der Waals surface area contributed by atoms with E-state index in [9.17, 15) is 9.90 Å². The van der Waals surface area contributed by atoms with Gasteiger partial charge in [-0.15, -0.1) is 0 Å². The molecule has 3 nitrogen and oxygen atoms in total. The zero-order chi connectivity index (χ0) is 26.3. The summed E-state index contributed by atoms with van der Waals surface area (Å²) in [4.78, 5) is 12.7. The van der Waals surface area contributed by atoms with Crippen LogP contribution in [0, 0.1) is 51.2 Å². The first-order valence-electron chi connectivity index (χ1n) is 15.0. The van der Waals surface area contributed by atoms with Gasteiger partial charge in [0.15, 0.2) is 0 Å². The van der Waals surface area contributed by atoms with Crippen molar-refractivity contribution in [1.82, 2.24) is 0 Å². The Morgan fingerprint density at radius 3 is 2.39 bits per heavy atom. The highest BCUT2D eigenvalue weighted by molar-refractivity contribution is 5.87. The van der Waals surface area contributed by atoms with Gasteiger partial charge in [0.1, 0.15) is 6.10 Å². The molecule has 0 aliphatic heterocycles. The smallest absolute Gasteiger partial charge is 0.333 e. The molecule has 4 fully saturated rings. The first-order valence-corrected chi connectivity index (χ1v) is 15.0. The molecule has 10 unspecified atom stereocenters. The van der Waals surface area contributed by atoms with Crippen molar-refractivity contribution in [1.29, 1.82) is 0 Å². The standard InChI is InChI=1S/C33H52O3/c1-9-20(2)29(35)36-28-19-31(6)15-12-24-22(25(31)18-30(28,4)5)10-11-27-32(7)17-14-26(34)21(3)23(32)13-16-33(24,27)8/h9-10,21,23-28,34H,11-19H2,1-8H3/b20-9-. The molecule has 202 valence electrons. The first kappa shape index (κ1) is 26.5. The van der Waals surface area contributed by atoms with Crippen LogP contribution in [0.25, 0.3) is 0 Å². The summed E-state index contributed by atoms with van der Waals surface area (Å²) < 4.78 is 6.16. The number of rotatable bonds is 2. The van der Waals surface area contributed by atoms with Crippen LogP contribution in [0.2, 0.25) is 0 Å². The first-order chi connectivity index (χ1) is 16.8. The Morgan fingerprint density at radius 2 is 1.69 bits per heavy atom. The number of esters is 1. The summed E-state index contributed by atoms with van der Waals surface area (Å²) in [6.07, 6.45) is 15.0. The van der Waals surface area contributed by atoms with Crippen LogP contribution in [0.5, 0.6) is 0 Å². The molecule has 0 aromatic carbocycles. The molecule has 5 aliphatic rings. The Bertz CT molecular complexity index is 960. The fourth-order valence-electron chi connectivity index (χ4n) is 10.4. The Balaban J connectivity index is 1.43. The van der Waals surface area contributed by atoms with Crippen LogP contribution in [0.15, 0.2) is 23.3 Å². The number of hydrogen-bond donors (Lipinski definition) is 1. The lowest BCUT2D eigenvalue weighted by molar-refractivity contribution is -0.171. The summed E-state index contributed by atoms with van der Waals surface area (Å²) in [6.45, 7) is 18.5. The number of ether oxygens (including phenoxy) is 1. The van der Waals surface area contributed by atoms with E-state index in [2.05, 4.69) is 47.6 Å². The molecule has 10 atom stereocenters. The highest BCUT2D eigenvalue weighted by atomic mass is 16.5. The van der Waals surface area contributed by atoms with Gasteiger partial charge in [-0.1, -0.05) is 59.3 Å². The third-order valence-corrected chi connectivity index (χ3v) is 12.9. The van der Waals surface area contributed by atoms with Crippen LogP contribution >= 0.6 is 0 Å². The van der Waals surface area contributed by atoms with E-state index in [0.717, 1.165) is 25.2 Å². The Hall–Kier alpha value is -1.09. The fourth-order valence-corrected chi connectivity index (χ4v) is 10.4. The molecule has 36 heavy (non-hydrogen) atoms. The second kappa shape index (κ2) is 8.72. The molecule has 4 saturated carbocycles. The number of fused-ring (bicyclic) bond motifs is 7. The van der Waals surface area contributed by atoms with Crippen LogP contribution in [-0.2, 0) is 9.53 Å². The lowest BCUT2D eigenvalue weighted by atomic mass is 9.38. The Morgan fingerprint density at radius 1 is 1.00 bits per heavy atom. The monoisotopic (exact) mass is 496 g/mol. The minimum Gasteiger partial charge on any atom is -0.458 e. The second-order valence-electron chi connectivity index (χ2n) is 15.2. The SMILES string of the molecule is C/C=C(/C)C(=O)OC1CC2(C)CCC3C(=CCC4C3(C)CCC3C(C)C(O)CCC34C)C2CC1(C)C. The van der Waals surface area contributed by atoms with Crippen molar-refractivity contribution >= 4 is 5.97 Å². The van der Waals surface area contributed by atoms with E-state index in [1.807, 2.05) is 19.9 Å². The van der Waals surface area contributed by atoms with Crippen molar-refractivity contribution in [3.8, 4) is 0 Å². The second-order valence-corrected chi connectivity index (χ2v) is 15.2. The van der Waals surface area contributed by atoms with E-state index < -0.39 is 0 Å². The molecule has 3 heteroatoms. The fraction of sp³-hybridized carbons (Fsp3) is 0.848. The number of carbonyl (C=O) groups excluding carboxylic acids is 1. The molecular formula is C33H52O3. The van der Waals surface area contributed by atoms with E-state index in [-0.39, 0.29) is 29.0 Å². The van der Waals surface area contributed by atoms with Gasteiger partial charge in [-0.2, -0.15) is 0 Å². The van der Waals surface area contributed by atoms with E-state index in [1.165, 1.54) is 38.5 Å². The average molecular weight is 497 g/mol. The molecule has 0 bridgehead atoms. The summed E-state index contributed by atoms with van der Waals surface area (Å²) in [5, 5.41) is 10.7. The van der Waals surface area contributed by atoms with Gasteiger partial charge < -0.3 is 9.84 Å². The molecule has 5 aliphatic carbocycles. The maximum Gasteiger partial charge on any atom is 0.333 e. The summed E-state index contributed by atoms with van der Waals surface area (Å²) >= 11 is 0. The number of hydrogen-bond acceptors (Lipinski definition) is 3. The zero-order valence-corrected chi connectivity index (χ0v) is 24.3. The van der Waals surface area contributed by atoms with Crippen LogP contribution < -0.4 is 0 Å².